The second kappa shape index (κ2) is 9.01. The third kappa shape index (κ3) is 4.11. The van der Waals surface area contributed by atoms with Gasteiger partial charge in [-0.05, 0) is 31.2 Å². The lowest BCUT2D eigenvalue weighted by molar-refractivity contribution is -0.156. The van der Waals surface area contributed by atoms with Crippen LogP contribution in [0.15, 0.2) is 35.6 Å². The molecule has 3 atom stereocenters. The summed E-state index contributed by atoms with van der Waals surface area (Å²) in [6.45, 7) is 1.11. The number of rotatable bonds is 6. The number of carboxylic acid groups (broad SMARTS) is 1. The lowest BCUT2D eigenvalue weighted by Gasteiger charge is -2.35. The Labute approximate surface area is 213 Å². The summed E-state index contributed by atoms with van der Waals surface area (Å²) in [4.78, 5) is 53.0. The number of hydrazone groups is 1. The number of carbonyl (C=O) groups is 4. The van der Waals surface area contributed by atoms with Crippen molar-refractivity contribution in [2.24, 2.45) is 5.10 Å². The van der Waals surface area contributed by atoms with Gasteiger partial charge in [0.25, 0.3) is 11.8 Å². The first-order chi connectivity index (χ1) is 17.3. The number of sulfone groups is 1. The number of hydrogen-bond donors (Lipinski definition) is 5. The van der Waals surface area contributed by atoms with Crippen LogP contribution < -0.4 is 10.7 Å². The molecule has 0 unspecified atom stereocenters. The van der Waals surface area contributed by atoms with E-state index in [-0.39, 0.29) is 28.4 Å². The Morgan fingerprint density at radius 1 is 1.22 bits per heavy atom. The highest BCUT2D eigenvalue weighted by Gasteiger charge is 2.69. The molecule has 2 fully saturated rings. The molecule has 0 radical (unpaired) electrons. The van der Waals surface area contributed by atoms with E-state index in [1.54, 1.807) is 0 Å². The summed E-state index contributed by atoms with van der Waals surface area (Å²) in [6.07, 6.45) is 1.58. The highest BCUT2D eigenvalue weighted by molar-refractivity contribution is 7.94. The largest absolute Gasteiger partial charge is 0.504 e. The molecule has 14 nitrogen and oxygen atoms in total. The maximum Gasteiger partial charge on any atom is 0.328 e. The maximum atomic E-state index is 12.8. The Bertz CT molecular complexity index is 1480. The summed E-state index contributed by atoms with van der Waals surface area (Å²) in [5.74, 6) is -4.90. The first-order valence-corrected chi connectivity index (χ1v) is 12.3. The smallest absolute Gasteiger partial charge is 0.328 e. The predicted octanol–water partition coefficient (Wildman–Crippen LogP) is 0.313. The van der Waals surface area contributed by atoms with Gasteiger partial charge in [0, 0.05) is 6.21 Å². The van der Waals surface area contributed by atoms with Gasteiger partial charge in [-0.2, -0.15) is 5.10 Å². The number of aliphatic carboxylic acids is 1. The lowest BCUT2D eigenvalue weighted by atomic mass is 9.97. The van der Waals surface area contributed by atoms with Crippen molar-refractivity contribution in [2.45, 2.75) is 29.5 Å². The van der Waals surface area contributed by atoms with Crippen LogP contribution in [0.2, 0.25) is 5.02 Å². The van der Waals surface area contributed by atoms with Crippen LogP contribution in [-0.4, -0.2) is 79.7 Å². The number of amides is 3. The van der Waals surface area contributed by atoms with Crippen LogP contribution in [0.3, 0.4) is 0 Å². The topological polar surface area (TPSA) is 216 Å². The number of phenolic OH excluding ortho intramolecular Hbond substituents is 2. The van der Waals surface area contributed by atoms with Gasteiger partial charge in [-0.3, -0.25) is 14.4 Å². The molecule has 4 rings (SSSR count). The first kappa shape index (κ1) is 25.8. The fourth-order valence-electron chi connectivity index (χ4n) is 4.01. The molecule has 3 amide bonds. The van der Waals surface area contributed by atoms with Crippen LogP contribution in [-0.2, 0) is 19.4 Å². The summed E-state index contributed by atoms with van der Waals surface area (Å²) >= 11 is 5.86. The molecule has 1 aromatic carbocycles. The van der Waals surface area contributed by atoms with E-state index in [0.29, 0.717) is 0 Å². The summed E-state index contributed by atoms with van der Waals surface area (Å²) in [6, 6.07) is 3.11. The number of nitrogens with zero attached hydrogens (tertiary/aromatic N) is 3. The number of hydrogen-bond acceptors (Lipinski definition) is 10. The highest BCUT2D eigenvalue weighted by Crippen LogP contribution is 2.45. The van der Waals surface area contributed by atoms with Gasteiger partial charge in [0.05, 0.1) is 28.9 Å². The molecule has 2 aliphatic rings. The molecule has 2 saturated heterocycles. The third-order valence-electron chi connectivity index (χ3n) is 6.05. The fraction of sp³-hybridized carbons (Fsp3) is 0.238. The van der Waals surface area contributed by atoms with Gasteiger partial charge in [-0.25, -0.2) is 23.6 Å². The number of carboxylic acids is 1. The summed E-state index contributed by atoms with van der Waals surface area (Å²) in [5.41, 5.74) is 1.91. The number of phenols is 2. The number of aromatic nitrogens is 1. The number of anilines is 1. The van der Waals surface area contributed by atoms with Crippen molar-refractivity contribution in [3.05, 3.63) is 46.7 Å². The molecule has 5 N–H and O–H groups in total. The molecule has 0 spiro atoms. The Morgan fingerprint density at radius 3 is 2.51 bits per heavy atom. The highest BCUT2D eigenvalue weighted by atomic mass is 35.5. The molecule has 2 aromatic rings. The SMILES string of the molecule is C[C@]1(/C=N/NC(=O)c2ccc(NC(=O)c3ccc(O)c(O)c3Cl)cn2)[C@H](C(=O)O)N2C(=O)C[C@H]2S1(=O)=O. The number of carbonyl (C=O) groups excluding carboxylic acids is 3. The van der Waals surface area contributed by atoms with Crippen LogP contribution in [0, 0.1) is 0 Å². The van der Waals surface area contributed by atoms with Gasteiger partial charge in [0.15, 0.2) is 27.4 Å². The molecule has 0 aliphatic carbocycles. The zero-order valence-corrected chi connectivity index (χ0v) is 20.3. The van der Waals surface area contributed by atoms with Crippen molar-refractivity contribution in [2.75, 3.05) is 5.32 Å². The number of benzene rings is 1. The van der Waals surface area contributed by atoms with Crippen molar-refractivity contribution in [3.63, 3.8) is 0 Å². The van der Waals surface area contributed by atoms with E-state index in [1.807, 2.05) is 0 Å². The van der Waals surface area contributed by atoms with Crippen LogP contribution >= 0.6 is 11.6 Å². The molecule has 0 bridgehead atoms. The number of aromatic hydroxyl groups is 2. The Hall–Kier alpha value is -4.24. The van der Waals surface area contributed by atoms with E-state index in [4.69, 9.17) is 11.6 Å². The average molecular weight is 552 g/mol. The van der Waals surface area contributed by atoms with Gasteiger partial charge in [-0.15, -0.1) is 0 Å². The Morgan fingerprint density at radius 2 is 1.92 bits per heavy atom. The van der Waals surface area contributed by atoms with E-state index in [9.17, 15) is 42.9 Å². The molecule has 37 heavy (non-hydrogen) atoms. The van der Waals surface area contributed by atoms with Crippen molar-refractivity contribution < 1.29 is 42.9 Å². The van der Waals surface area contributed by atoms with Crippen molar-refractivity contribution in [3.8, 4) is 11.5 Å². The maximum absolute atomic E-state index is 12.8. The molecule has 3 heterocycles. The molecule has 2 aliphatic heterocycles. The molecular weight excluding hydrogens is 534 g/mol. The molecule has 194 valence electrons. The minimum atomic E-state index is -4.14. The number of β-lactam (4-membered cyclic amide) rings is 1. The van der Waals surface area contributed by atoms with Crippen LogP contribution in [0.5, 0.6) is 11.5 Å². The standard InChI is InChI=1S/C21H18ClN5O9S/c1-21(17(20(33)34)27-13(29)6-14(27)37(21,35)36)8-24-26-19(32)11-4-2-9(7-23-11)25-18(31)10-3-5-12(28)16(30)15(10)22/h2-5,7-8,14,17,28,30H,6H2,1H3,(H,25,31)(H,26,32)(H,33,34)/b24-8+/t14-,17+,21+/m1/s1. The average Bonchev–Trinajstić information content (AvgIpc) is 2.97. The zero-order valence-electron chi connectivity index (χ0n) is 18.7. The quantitative estimate of drug-likeness (QED) is 0.143. The third-order valence-corrected chi connectivity index (χ3v) is 9.10. The van der Waals surface area contributed by atoms with Crippen molar-refractivity contribution in [1.29, 1.82) is 0 Å². The van der Waals surface area contributed by atoms with Crippen molar-refractivity contribution >= 4 is 57.0 Å². The van der Waals surface area contributed by atoms with E-state index in [0.717, 1.165) is 30.3 Å². The lowest BCUT2D eigenvalue weighted by Crippen LogP contribution is -2.57. The first-order valence-electron chi connectivity index (χ1n) is 10.4. The van der Waals surface area contributed by atoms with E-state index in [2.05, 4.69) is 20.8 Å². The normalized spacial score (nSPS) is 23.8. The summed E-state index contributed by atoms with van der Waals surface area (Å²) < 4.78 is 23.6. The van der Waals surface area contributed by atoms with Crippen LogP contribution in [0.1, 0.15) is 34.2 Å². The zero-order chi connectivity index (χ0) is 27.3. The molecule has 1 aromatic heterocycles. The number of pyridine rings is 1. The van der Waals surface area contributed by atoms with Gasteiger partial charge < -0.3 is 25.5 Å². The van der Waals surface area contributed by atoms with Gasteiger partial charge >= 0.3 is 5.97 Å². The minimum Gasteiger partial charge on any atom is -0.504 e. The van der Waals surface area contributed by atoms with E-state index >= 15 is 0 Å². The minimum absolute atomic E-state index is 0.130. The summed E-state index contributed by atoms with van der Waals surface area (Å²) in [7, 11) is -4.14. The van der Waals surface area contributed by atoms with Gasteiger partial charge in [0.1, 0.15) is 15.8 Å². The Balaban J connectivity index is 1.44. The monoisotopic (exact) mass is 551 g/mol. The number of nitrogens with one attached hydrogen (secondary N) is 2. The molecule has 0 saturated carbocycles. The number of fused-ring (bicyclic) bond motifs is 1. The van der Waals surface area contributed by atoms with Crippen LogP contribution in [0.4, 0.5) is 5.69 Å². The second-order valence-electron chi connectivity index (χ2n) is 8.31. The fourth-order valence-corrected chi connectivity index (χ4v) is 6.47. The van der Waals surface area contributed by atoms with Gasteiger partial charge in [0.2, 0.25) is 5.91 Å². The van der Waals surface area contributed by atoms with Crippen LogP contribution in [0.25, 0.3) is 0 Å². The summed E-state index contributed by atoms with van der Waals surface area (Å²) in [5, 5.41) is 33.0. The Kier molecular flexibility index (Phi) is 6.29. The van der Waals surface area contributed by atoms with E-state index in [1.165, 1.54) is 18.2 Å². The molecular formula is C21H18ClN5O9S. The van der Waals surface area contributed by atoms with E-state index < -0.39 is 61.2 Å². The van der Waals surface area contributed by atoms with Crippen molar-refractivity contribution in [1.82, 2.24) is 15.3 Å². The molecule has 16 heteroatoms. The van der Waals surface area contributed by atoms with Gasteiger partial charge in [-0.1, -0.05) is 11.6 Å². The predicted molar refractivity (Wildman–Crippen MR) is 127 cm³/mol. The second-order valence-corrected chi connectivity index (χ2v) is 11.2. The number of halogens is 1.